The minimum atomic E-state index is -0.468. The van der Waals surface area contributed by atoms with Gasteiger partial charge >= 0.3 is 5.97 Å². The Bertz CT molecular complexity index is 981. The van der Waals surface area contributed by atoms with Crippen LogP contribution in [-0.4, -0.2) is 42.6 Å². The summed E-state index contributed by atoms with van der Waals surface area (Å²) in [6.45, 7) is 6.31. The zero-order valence-corrected chi connectivity index (χ0v) is 17.0. The highest BCUT2D eigenvalue weighted by molar-refractivity contribution is 9.10. The number of nitrogens with zero attached hydrogens (tertiary/aromatic N) is 6. The van der Waals surface area contributed by atoms with Gasteiger partial charge in [0.15, 0.2) is 0 Å². The Kier molecular flexibility index (Phi) is 5.54. The zero-order valence-electron chi connectivity index (χ0n) is 15.4. The molecule has 2 heterocycles. The number of halogens is 1. The first-order valence-corrected chi connectivity index (χ1v) is 9.03. The molecule has 0 N–H and O–H groups in total. The third-order valence-electron chi connectivity index (χ3n) is 3.99. The highest BCUT2D eigenvalue weighted by Gasteiger charge is 2.19. The fraction of sp³-hybridized carbons (Fsp3) is 0.353. The monoisotopic (exact) mass is 434 g/mol. The topological polar surface area (TPSA) is 97.0 Å². The van der Waals surface area contributed by atoms with Gasteiger partial charge in [-0.15, -0.1) is 5.10 Å². The van der Waals surface area contributed by atoms with Crippen LogP contribution >= 0.6 is 15.9 Å². The maximum absolute atomic E-state index is 12.6. The molecule has 2 aromatic heterocycles. The van der Waals surface area contributed by atoms with Gasteiger partial charge in [0.1, 0.15) is 18.2 Å². The van der Waals surface area contributed by atoms with Crippen molar-refractivity contribution < 1.29 is 14.3 Å². The van der Waals surface area contributed by atoms with Crippen LogP contribution < -0.4 is 9.47 Å². The molecule has 3 aromatic rings. The van der Waals surface area contributed by atoms with Crippen LogP contribution in [0.5, 0.6) is 11.6 Å². The van der Waals surface area contributed by atoms with Gasteiger partial charge in [-0.05, 0) is 59.3 Å². The third-order valence-corrected chi connectivity index (χ3v) is 4.62. The summed E-state index contributed by atoms with van der Waals surface area (Å²) < 4.78 is 15.3. The Morgan fingerprint density at radius 3 is 2.67 bits per heavy atom. The van der Waals surface area contributed by atoms with Gasteiger partial charge in [0.25, 0.3) is 0 Å². The third kappa shape index (κ3) is 4.16. The van der Waals surface area contributed by atoms with Crippen molar-refractivity contribution in [3.8, 4) is 11.6 Å². The molecular weight excluding hydrogens is 416 g/mol. The van der Waals surface area contributed by atoms with E-state index in [1.165, 1.54) is 4.68 Å². The standard InChI is InChI=1S/C17H19BrN6O3/c1-10-9-15(23(4)20-10)27-17(25)13-5-6-14(18)16(11(13)2)26-8-7-24-12(3)19-21-22-24/h5-6,9H,7-8H2,1-4H3. The molecule has 0 amide bonds. The molecule has 1 aromatic carbocycles. The Hall–Kier alpha value is -2.75. The second-order valence-electron chi connectivity index (χ2n) is 5.98. The van der Waals surface area contributed by atoms with Crippen LogP contribution in [0.1, 0.15) is 27.4 Å². The van der Waals surface area contributed by atoms with E-state index in [-0.39, 0.29) is 0 Å². The first-order chi connectivity index (χ1) is 12.9. The summed E-state index contributed by atoms with van der Waals surface area (Å²) in [7, 11) is 1.72. The molecule has 0 aliphatic rings. The SMILES string of the molecule is Cc1cc(OC(=O)c2ccc(Br)c(OCCn3nnnc3C)c2C)n(C)n1. The van der Waals surface area contributed by atoms with Crippen molar-refractivity contribution in [1.82, 2.24) is 30.0 Å². The average Bonchev–Trinajstić information content (AvgIpc) is 3.15. The van der Waals surface area contributed by atoms with E-state index in [0.717, 1.165) is 10.2 Å². The van der Waals surface area contributed by atoms with Gasteiger partial charge in [0, 0.05) is 18.7 Å². The van der Waals surface area contributed by atoms with E-state index in [1.807, 2.05) is 20.8 Å². The fourth-order valence-corrected chi connectivity index (χ4v) is 3.12. The van der Waals surface area contributed by atoms with Crippen LogP contribution in [-0.2, 0) is 13.6 Å². The van der Waals surface area contributed by atoms with Gasteiger partial charge in [0.05, 0.1) is 22.3 Å². The number of hydrogen-bond donors (Lipinski definition) is 0. The summed E-state index contributed by atoms with van der Waals surface area (Å²) in [5.74, 6) is 1.20. The van der Waals surface area contributed by atoms with Crippen molar-refractivity contribution in [2.45, 2.75) is 27.3 Å². The van der Waals surface area contributed by atoms with Gasteiger partial charge in [0.2, 0.25) is 5.88 Å². The van der Waals surface area contributed by atoms with Gasteiger partial charge in [-0.1, -0.05) is 0 Å². The maximum Gasteiger partial charge on any atom is 0.345 e. The van der Waals surface area contributed by atoms with Crippen molar-refractivity contribution in [2.75, 3.05) is 6.61 Å². The molecule has 27 heavy (non-hydrogen) atoms. The molecule has 0 saturated carbocycles. The van der Waals surface area contributed by atoms with E-state index in [1.54, 1.807) is 29.9 Å². The number of benzene rings is 1. The molecular formula is C17H19BrN6O3. The largest absolute Gasteiger partial charge is 0.490 e. The van der Waals surface area contributed by atoms with E-state index in [0.29, 0.717) is 41.7 Å². The number of rotatable bonds is 6. The van der Waals surface area contributed by atoms with Crippen LogP contribution in [0.4, 0.5) is 0 Å². The van der Waals surface area contributed by atoms with E-state index in [9.17, 15) is 4.79 Å². The lowest BCUT2D eigenvalue weighted by Crippen LogP contribution is -2.15. The minimum absolute atomic E-state index is 0.352. The number of ether oxygens (including phenoxy) is 2. The molecule has 10 heteroatoms. The van der Waals surface area contributed by atoms with Gasteiger partial charge in [-0.25, -0.2) is 14.2 Å². The Labute approximate surface area is 164 Å². The Morgan fingerprint density at radius 1 is 1.26 bits per heavy atom. The number of aromatic nitrogens is 6. The number of aryl methyl sites for hydroxylation is 3. The van der Waals surface area contributed by atoms with E-state index in [4.69, 9.17) is 9.47 Å². The first-order valence-electron chi connectivity index (χ1n) is 8.24. The second-order valence-corrected chi connectivity index (χ2v) is 6.84. The Balaban J connectivity index is 1.75. The lowest BCUT2D eigenvalue weighted by atomic mass is 10.1. The molecule has 0 bridgehead atoms. The molecule has 0 aliphatic heterocycles. The van der Waals surface area contributed by atoms with Crippen LogP contribution in [0.2, 0.25) is 0 Å². The van der Waals surface area contributed by atoms with Gasteiger partial charge < -0.3 is 9.47 Å². The van der Waals surface area contributed by atoms with Crippen LogP contribution in [0, 0.1) is 20.8 Å². The number of esters is 1. The molecule has 0 saturated heterocycles. The van der Waals surface area contributed by atoms with Crippen molar-refractivity contribution in [2.24, 2.45) is 7.05 Å². The highest BCUT2D eigenvalue weighted by Crippen LogP contribution is 2.32. The predicted octanol–water partition coefficient (Wildman–Crippen LogP) is 2.39. The number of hydrogen-bond acceptors (Lipinski definition) is 7. The lowest BCUT2D eigenvalue weighted by Gasteiger charge is -2.14. The van der Waals surface area contributed by atoms with E-state index < -0.39 is 5.97 Å². The number of tetrazole rings is 1. The summed E-state index contributed by atoms with van der Waals surface area (Å²) in [4.78, 5) is 12.6. The van der Waals surface area contributed by atoms with Crippen LogP contribution in [0.15, 0.2) is 22.7 Å². The smallest absolute Gasteiger partial charge is 0.345 e. The average molecular weight is 435 g/mol. The first kappa shape index (κ1) is 19.0. The molecule has 0 atom stereocenters. The quantitative estimate of drug-likeness (QED) is 0.549. The normalized spacial score (nSPS) is 10.9. The summed E-state index contributed by atoms with van der Waals surface area (Å²) in [5.41, 5.74) is 1.88. The van der Waals surface area contributed by atoms with E-state index >= 15 is 0 Å². The fourth-order valence-electron chi connectivity index (χ4n) is 2.58. The molecule has 9 nitrogen and oxygen atoms in total. The van der Waals surface area contributed by atoms with Crippen LogP contribution in [0.3, 0.4) is 0 Å². The molecule has 0 radical (unpaired) electrons. The van der Waals surface area contributed by atoms with Crippen LogP contribution in [0.25, 0.3) is 0 Å². The van der Waals surface area contributed by atoms with Crippen molar-refractivity contribution in [3.63, 3.8) is 0 Å². The predicted molar refractivity (Wildman–Crippen MR) is 99.8 cm³/mol. The summed E-state index contributed by atoms with van der Waals surface area (Å²) in [6.07, 6.45) is 0. The number of carbonyl (C=O) groups excluding carboxylic acids is 1. The van der Waals surface area contributed by atoms with Crippen molar-refractivity contribution in [3.05, 3.63) is 45.3 Å². The van der Waals surface area contributed by atoms with E-state index in [2.05, 4.69) is 36.6 Å². The number of carbonyl (C=O) groups is 1. The lowest BCUT2D eigenvalue weighted by molar-refractivity contribution is 0.0718. The Morgan fingerprint density at radius 2 is 2.04 bits per heavy atom. The molecule has 0 aliphatic carbocycles. The molecule has 3 rings (SSSR count). The minimum Gasteiger partial charge on any atom is -0.490 e. The molecule has 0 unspecified atom stereocenters. The molecule has 0 spiro atoms. The second kappa shape index (κ2) is 7.87. The van der Waals surface area contributed by atoms with Gasteiger partial charge in [-0.3, -0.25) is 0 Å². The molecule has 142 valence electrons. The summed E-state index contributed by atoms with van der Waals surface area (Å²) in [5, 5.41) is 15.5. The zero-order chi connectivity index (χ0) is 19.6. The summed E-state index contributed by atoms with van der Waals surface area (Å²) >= 11 is 3.47. The van der Waals surface area contributed by atoms with Crippen molar-refractivity contribution in [1.29, 1.82) is 0 Å². The van der Waals surface area contributed by atoms with Gasteiger partial charge in [-0.2, -0.15) is 5.10 Å². The van der Waals surface area contributed by atoms with Crippen molar-refractivity contribution >= 4 is 21.9 Å². The molecule has 0 fully saturated rings. The maximum atomic E-state index is 12.6. The highest BCUT2D eigenvalue weighted by atomic mass is 79.9. The summed E-state index contributed by atoms with van der Waals surface area (Å²) in [6, 6.07) is 5.16.